The summed E-state index contributed by atoms with van der Waals surface area (Å²) in [5, 5.41) is 12.9. The number of nitrogens with one attached hydrogen (secondary N) is 1. The number of methoxy groups -OCH3 is 2. The molecule has 0 amide bonds. The molecule has 0 heterocycles. The zero-order chi connectivity index (χ0) is 15.7. The fourth-order valence-corrected chi connectivity index (χ4v) is 1.99. The summed E-state index contributed by atoms with van der Waals surface area (Å²) < 4.78 is 16.4. The van der Waals surface area contributed by atoms with E-state index in [0.717, 1.165) is 13.0 Å². The van der Waals surface area contributed by atoms with Crippen molar-refractivity contribution in [1.82, 2.24) is 5.32 Å². The minimum atomic E-state index is -0.342. The van der Waals surface area contributed by atoms with Gasteiger partial charge in [0.25, 0.3) is 0 Å². The van der Waals surface area contributed by atoms with Gasteiger partial charge in [-0.2, -0.15) is 0 Å². The van der Waals surface area contributed by atoms with Crippen molar-refractivity contribution in [2.24, 2.45) is 0 Å². The molecule has 120 valence electrons. The molecule has 0 saturated heterocycles. The second-order valence-corrected chi connectivity index (χ2v) is 5.24. The lowest BCUT2D eigenvalue weighted by Gasteiger charge is -2.29. The fourth-order valence-electron chi connectivity index (χ4n) is 1.99. The average molecular weight is 297 g/mol. The Morgan fingerprint density at radius 2 is 1.81 bits per heavy atom. The summed E-state index contributed by atoms with van der Waals surface area (Å²) in [4.78, 5) is 0. The van der Waals surface area contributed by atoms with E-state index in [1.54, 1.807) is 14.2 Å². The molecule has 0 spiro atoms. The third-order valence-electron chi connectivity index (χ3n) is 3.43. The number of aliphatic hydroxyl groups excluding tert-OH is 1. The molecule has 0 saturated carbocycles. The third kappa shape index (κ3) is 5.10. The lowest BCUT2D eigenvalue weighted by molar-refractivity contribution is 0.142. The van der Waals surface area contributed by atoms with E-state index < -0.39 is 0 Å². The summed E-state index contributed by atoms with van der Waals surface area (Å²) in [6, 6.07) is 5.52. The minimum absolute atomic E-state index is 0.0689. The molecule has 1 aromatic carbocycles. The van der Waals surface area contributed by atoms with Gasteiger partial charge in [-0.25, -0.2) is 0 Å². The molecule has 0 radical (unpaired) electrons. The first-order valence-electron chi connectivity index (χ1n) is 7.30. The van der Waals surface area contributed by atoms with E-state index in [1.165, 1.54) is 0 Å². The van der Waals surface area contributed by atoms with Gasteiger partial charge in [0.15, 0.2) is 11.5 Å². The molecule has 0 bridgehead atoms. The van der Waals surface area contributed by atoms with Crippen LogP contribution in [0.2, 0.25) is 0 Å². The number of hydrogen-bond donors (Lipinski definition) is 2. The Bertz CT molecular complexity index is 402. The molecular weight excluding hydrogens is 270 g/mol. The topological polar surface area (TPSA) is 60.0 Å². The summed E-state index contributed by atoms with van der Waals surface area (Å²) in [6.45, 7) is 5.49. The molecule has 5 heteroatoms. The predicted molar refractivity (Wildman–Crippen MR) is 83.4 cm³/mol. The third-order valence-corrected chi connectivity index (χ3v) is 3.43. The lowest BCUT2D eigenvalue weighted by Crippen LogP contribution is -2.47. The Labute approximate surface area is 127 Å². The highest BCUT2D eigenvalue weighted by Crippen LogP contribution is 2.36. The molecule has 1 aromatic rings. The van der Waals surface area contributed by atoms with Crippen LogP contribution >= 0.6 is 0 Å². The van der Waals surface area contributed by atoms with Crippen LogP contribution in [0.15, 0.2) is 18.2 Å². The van der Waals surface area contributed by atoms with Gasteiger partial charge < -0.3 is 24.6 Å². The van der Waals surface area contributed by atoms with Gasteiger partial charge in [0.2, 0.25) is 5.75 Å². The minimum Gasteiger partial charge on any atom is -0.493 e. The van der Waals surface area contributed by atoms with Crippen LogP contribution < -0.4 is 19.5 Å². The van der Waals surface area contributed by atoms with Crippen LogP contribution in [0.5, 0.6) is 17.2 Å². The van der Waals surface area contributed by atoms with Crippen LogP contribution in [0.3, 0.4) is 0 Å². The molecule has 21 heavy (non-hydrogen) atoms. The zero-order valence-electron chi connectivity index (χ0n) is 13.4. The summed E-state index contributed by atoms with van der Waals surface area (Å²) in [6.07, 6.45) is 1.71. The van der Waals surface area contributed by atoms with E-state index in [0.29, 0.717) is 30.3 Å². The largest absolute Gasteiger partial charge is 0.493 e. The van der Waals surface area contributed by atoms with E-state index in [2.05, 4.69) is 12.2 Å². The van der Waals surface area contributed by atoms with Crippen LogP contribution in [0, 0.1) is 0 Å². The van der Waals surface area contributed by atoms with Gasteiger partial charge in [0.1, 0.15) is 0 Å². The summed E-state index contributed by atoms with van der Waals surface area (Å²) in [5.41, 5.74) is -0.342. The number of benzene rings is 1. The van der Waals surface area contributed by atoms with Gasteiger partial charge in [-0.05, 0) is 32.0 Å². The Hall–Kier alpha value is -1.46. The van der Waals surface area contributed by atoms with Crippen molar-refractivity contribution in [2.75, 3.05) is 34.0 Å². The molecule has 0 aromatic heterocycles. The number of para-hydroxylation sites is 1. The second kappa shape index (κ2) is 8.74. The highest BCUT2D eigenvalue weighted by atomic mass is 16.5. The van der Waals surface area contributed by atoms with Gasteiger partial charge in [-0.15, -0.1) is 0 Å². The molecule has 0 aliphatic carbocycles. The number of ether oxygens (including phenoxy) is 3. The normalized spacial score (nSPS) is 13.6. The maximum absolute atomic E-state index is 9.54. The van der Waals surface area contributed by atoms with E-state index in [9.17, 15) is 5.11 Å². The van der Waals surface area contributed by atoms with Gasteiger partial charge in [-0.1, -0.05) is 13.0 Å². The van der Waals surface area contributed by atoms with Crippen LogP contribution in [-0.2, 0) is 0 Å². The van der Waals surface area contributed by atoms with Crippen molar-refractivity contribution in [3.05, 3.63) is 18.2 Å². The number of hydrogen-bond acceptors (Lipinski definition) is 5. The first kappa shape index (κ1) is 17.6. The van der Waals surface area contributed by atoms with Crippen molar-refractivity contribution in [3.8, 4) is 17.2 Å². The maximum atomic E-state index is 9.54. The molecule has 1 atom stereocenters. The standard InChI is InChI=1S/C16H27NO4/c1-5-10-17-16(2,12-18)9-11-21-15-13(19-3)7-6-8-14(15)20-4/h6-8,17-18H,5,9-12H2,1-4H3. The van der Waals surface area contributed by atoms with Crippen molar-refractivity contribution in [2.45, 2.75) is 32.2 Å². The molecular formula is C16H27NO4. The van der Waals surface area contributed by atoms with Crippen LogP contribution in [0.1, 0.15) is 26.7 Å². The first-order chi connectivity index (χ1) is 10.1. The molecule has 0 aliphatic rings. The van der Waals surface area contributed by atoms with Gasteiger partial charge in [-0.3, -0.25) is 0 Å². The van der Waals surface area contributed by atoms with E-state index in [1.807, 2.05) is 25.1 Å². The second-order valence-electron chi connectivity index (χ2n) is 5.24. The molecule has 0 fully saturated rings. The Morgan fingerprint density at radius 1 is 1.19 bits per heavy atom. The number of aliphatic hydroxyl groups is 1. The van der Waals surface area contributed by atoms with E-state index in [-0.39, 0.29) is 12.1 Å². The van der Waals surface area contributed by atoms with Crippen molar-refractivity contribution < 1.29 is 19.3 Å². The quantitative estimate of drug-likeness (QED) is 0.693. The first-order valence-corrected chi connectivity index (χ1v) is 7.30. The predicted octanol–water partition coefficient (Wildman–Crippen LogP) is 2.22. The molecule has 2 N–H and O–H groups in total. The van der Waals surface area contributed by atoms with Crippen molar-refractivity contribution in [1.29, 1.82) is 0 Å². The molecule has 1 rings (SSSR count). The van der Waals surface area contributed by atoms with Gasteiger partial charge in [0.05, 0.1) is 27.4 Å². The van der Waals surface area contributed by atoms with Crippen LogP contribution in [-0.4, -0.2) is 44.6 Å². The SMILES string of the molecule is CCCNC(C)(CO)CCOc1c(OC)cccc1OC. The Morgan fingerprint density at radius 3 is 2.29 bits per heavy atom. The monoisotopic (exact) mass is 297 g/mol. The van der Waals surface area contributed by atoms with Crippen LogP contribution in [0.4, 0.5) is 0 Å². The fraction of sp³-hybridized carbons (Fsp3) is 0.625. The molecule has 5 nitrogen and oxygen atoms in total. The Kier molecular flexibility index (Phi) is 7.32. The zero-order valence-corrected chi connectivity index (χ0v) is 13.4. The van der Waals surface area contributed by atoms with E-state index >= 15 is 0 Å². The number of rotatable bonds is 10. The van der Waals surface area contributed by atoms with Gasteiger partial charge >= 0.3 is 0 Å². The smallest absolute Gasteiger partial charge is 0.203 e. The molecule has 0 aliphatic heterocycles. The summed E-state index contributed by atoms with van der Waals surface area (Å²) in [7, 11) is 3.20. The summed E-state index contributed by atoms with van der Waals surface area (Å²) >= 11 is 0. The van der Waals surface area contributed by atoms with Crippen molar-refractivity contribution in [3.63, 3.8) is 0 Å². The van der Waals surface area contributed by atoms with Crippen molar-refractivity contribution >= 4 is 0 Å². The molecule has 1 unspecified atom stereocenters. The van der Waals surface area contributed by atoms with E-state index in [4.69, 9.17) is 14.2 Å². The highest BCUT2D eigenvalue weighted by Gasteiger charge is 2.22. The van der Waals surface area contributed by atoms with Crippen LogP contribution in [0.25, 0.3) is 0 Å². The summed E-state index contributed by atoms with van der Waals surface area (Å²) in [5.74, 6) is 1.88. The lowest BCUT2D eigenvalue weighted by atomic mass is 9.99. The van der Waals surface area contributed by atoms with Gasteiger partial charge in [0, 0.05) is 12.0 Å². The Balaban J connectivity index is 2.66. The highest BCUT2D eigenvalue weighted by molar-refractivity contribution is 5.51. The average Bonchev–Trinajstić information content (AvgIpc) is 2.52. The maximum Gasteiger partial charge on any atom is 0.203 e.